The predicted octanol–water partition coefficient (Wildman–Crippen LogP) is 3.49. The number of aromatic amines is 1. The Kier molecular flexibility index (Phi) is 2.82. The molecule has 1 N–H and O–H groups in total. The molecule has 0 aliphatic heterocycles. The summed E-state index contributed by atoms with van der Waals surface area (Å²) in [6, 6.07) is 8.55. The number of H-pyrrole nitrogens is 1. The molecule has 0 fully saturated rings. The van der Waals surface area contributed by atoms with Crippen LogP contribution in [0.15, 0.2) is 34.1 Å². The van der Waals surface area contributed by atoms with Gasteiger partial charge in [-0.1, -0.05) is 29.5 Å². The lowest BCUT2D eigenvalue weighted by Gasteiger charge is -2.01. The van der Waals surface area contributed by atoms with Crippen molar-refractivity contribution in [2.45, 2.75) is 30.6 Å². The highest BCUT2D eigenvalue weighted by Crippen LogP contribution is 2.31. The number of aryl methyl sites for hydroxylation is 3. The van der Waals surface area contributed by atoms with Crippen LogP contribution in [0.2, 0.25) is 0 Å². The SMILES string of the molecule is Cc1ccc(Sc2c(C)n[nH]c2C)cc1. The van der Waals surface area contributed by atoms with Crippen molar-refractivity contribution in [3.63, 3.8) is 0 Å². The molecular weight excluding hydrogens is 204 g/mol. The van der Waals surface area contributed by atoms with E-state index in [0.717, 1.165) is 11.4 Å². The maximum absolute atomic E-state index is 4.18. The Labute approximate surface area is 94.1 Å². The third kappa shape index (κ3) is 2.23. The second-order valence-electron chi connectivity index (χ2n) is 3.68. The second kappa shape index (κ2) is 4.11. The van der Waals surface area contributed by atoms with E-state index in [1.165, 1.54) is 15.4 Å². The third-order valence-electron chi connectivity index (χ3n) is 2.30. The van der Waals surface area contributed by atoms with Gasteiger partial charge in [0.1, 0.15) is 0 Å². The summed E-state index contributed by atoms with van der Waals surface area (Å²) in [4.78, 5) is 2.49. The van der Waals surface area contributed by atoms with Gasteiger partial charge in [0.15, 0.2) is 0 Å². The van der Waals surface area contributed by atoms with Crippen LogP contribution in [0.25, 0.3) is 0 Å². The summed E-state index contributed by atoms with van der Waals surface area (Å²) in [5.41, 5.74) is 3.50. The largest absolute Gasteiger partial charge is 0.281 e. The van der Waals surface area contributed by atoms with Crippen molar-refractivity contribution in [2.24, 2.45) is 0 Å². The van der Waals surface area contributed by atoms with Gasteiger partial charge in [0.2, 0.25) is 0 Å². The van der Waals surface area contributed by atoms with Crippen LogP contribution in [0.3, 0.4) is 0 Å². The average molecular weight is 218 g/mol. The summed E-state index contributed by atoms with van der Waals surface area (Å²) < 4.78 is 0. The second-order valence-corrected chi connectivity index (χ2v) is 4.76. The smallest absolute Gasteiger partial charge is 0.0733 e. The minimum Gasteiger partial charge on any atom is -0.281 e. The Morgan fingerprint density at radius 3 is 2.27 bits per heavy atom. The summed E-state index contributed by atoms with van der Waals surface area (Å²) in [5.74, 6) is 0. The normalized spacial score (nSPS) is 10.6. The van der Waals surface area contributed by atoms with Gasteiger partial charge in [-0.3, -0.25) is 5.10 Å². The molecule has 0 radical (unpaired) electrons. The van der Waals surface area contributed by atoms with E-state index < -0.39 is 0 Å². The molecule has 3 heteroatoms. The minimum absolute atomic E-state index is 1.07. The van der Waals surface area contributed by atoms with Gasteiger partial charge in [-0.05, 0) is 32.9 Å². The number of hydrogen-bond acceptors (Lipinski definition) is 2. The summed E-state index contributed by atoms with van der Waals surface area (Å²) in [6.07, 6.45) is 0. The van der Waals surface area contributed by atoms with E-state index in [1.54, 1.807) is 11.8 Å². The van der Waals surface area contributed by atoms with Crippen LogP contribution in [-0.4, -0.2) is 10.2 Å². The molecule has 1 aromatic carbocycles. The molecule has 2 aromatic rings. The molecule has 2 nitrogen and oxygen atoms in total. The van der Waals surface area contributed by atoms with E-state index in [9.17, 15) is 0 Å². The lowest BCUT2D eigenvalue weighted by molar-refractivity contribution is 1.02. The molecule has 1 heterocycles. The number of aromatic nitrogens is 2. The van der Waals surface area contributed by atoms with Gasteiger partial charge < -0.3 is 0 Å². The summed E-state index contributed by atoms with van der Waals surface area (Å²) in [7, 11) is 0. The van der Waals surface area contributed by atoms with Crippen LogP contribution < -0.4 is 0 Å². The fourth-order valence-corrected chi connectivity index (χ4v) is 2.32. The molecule has 15 heavy (non-hydrogen) atoms. The van der Waals surface area contributed by atoms with Crippen molar-refractivity contribution < 1.29 is 0 Å². The average Bonchev–Trinajstić information content (AvgIpc) is 2.53. The summed E-state index contributed by atoms with van der Waals surface area (Å²) >= 11 is 1.76. The van der Waals surface area contributed by atoms with E-state index in [4.69, 9.17) is 0 Å². The molecule has 0 aliphatic rings. The standard InChI is InChI=1S/C12H14N2S/c1-8-4-6-11(7-5-8)15-12-9(2)13-14-10(12)3/h4-7H,1-3H3,(H,13,14). The highest BCUT2D eigenvalue weighted by atomic mass is 32.2. The number of hydrogen-bond donors (Lipinski definition) is 1. The molecule has 2 rings (SSSR count). The van der Waals surface area contributed by atoms with E-state index >= 15 is 0 Å². The fraction of sp³-hybridized carbons (Fsp3) is 0.250. The van der Waals surface area contributed by atoms with E-state index in [0.29, 0.717) is 0 Å². The Morgan fingerprint density at radius 2 is 1.73 bits per heavy atom. The quantitative estimate of drug-likeness (QED) is 0.836. The molecule has 0 atom stereocenters. The van der Waals surface area contributed by atoms with Gasteiger partial charge in [0, 0.05) is 10.6 Å². The number of nitrogens with zero attached hydrogens (tertiary/aromatic N) is 1. The monoisotopic (exact) mass is 218 g/mol. The molecule has 0 bridgehead atoms. The molecule has 0 spiro atoms. The Morgan fingerprint density at radius 1 is 1.07 bits per heavy atom. The topological polar surface area (TPSA) is 28.7 Å². The number of benzene rings is 1. The molecule has 78 valence electrons. The number of rotatable bonds is 2. The Balaban J connectivity index is 2.25. The molecule has 0 aliphatic carbocycles. The van der Waals surface area contributed by atoms with Gasteiger partial charge in [-0.25, -0.2) is 0 Å². The zero-order valence-electron chi connectivity index (χ0n) is 9.16. The van der Waals surface area contributed by atoms with Crippen LogP contribution in [-0.2, 0) is 0 Å². The molecular formula is C12H14N2S. The first-order chi connectivity index (χ1) is 7.16. The molecule has 0 saturated carbocycles. The van der Waals surface area contributed by atoms with Crippen molar-refractivity contribution in [1.29, 1.82) is 0 Å². The fourth-order valence-electron chi connectivity index (χ4n) is 1.42. The highest BCUT2D eigenvalue weighted by molar-refractivity contribution is 7.99. The highest BCUT2D eigenvalue weighted by Gasteiger charge is 2.07. The van der Waals surface area contributed by atoms with E-state index in [2.05, 4.69) is 48.3 Å². The Hall–Kier alpha value is -1.22. The summed E-state index contributed by atoms with van der Waals surface area (Å²) in [6.45, 7) is 6.18. The summed E-state index contributed by atoms with van der Waals surface area (Å²) in [5, 5.41) is 7.18. The zero-order chi connectivity index (χ0) is 10.8. The first-order valence-corrected chi connectivity index (χ1v) is 5.74. The van der Waals surface area contributed by atoms with Gasteiger partial charge in [0.25, 0.3) is 0 Å². The lowest BCUT2D eigenvalue weighted by atomic mass is 10.2. The zero-order valence-corrected chi connectivity index (χ0v) is 9.98. The number of nitrogens with one attached hydrogen (secondary N) is 1. The van der Waals surface area contributed by atoms with Crippen LogP contribution in [0, 0.1) is 20.8 Å². The first kappa shape index (κ1) is 10.3. The van der Waals surface area contributed by atoms with Gasteiger partial charge in [-0.15, -0.1) is 0 Å². The molecule has 1 aromatic heterocycles. The maximum Gasteiger partial charge on any atom is 0.0733 e. The lowest BCUT2D eigenvalue weighted by Crippen LogP contribution is -1.78. The van der Waals surface area contributed by atoms with Crippen LogP contribution in [0.5, 0.6) is 0 Å². The maximum atomic E-state index is 4.18. The minimum atomic E-state index is 1.07. The molecule has 0 amide bonds. The van der Waals surface area contributed by atoms with Crippen molar-refractivity contribution in [3.05, 3.63) is 41.2 Å². The van der Waals surface area contributed by atoms with Crippen molar-refractivity contribution >= 4 is 11.8 Å². The molecule has 0 unspecified atom stereocenters. The van der Waals surface area contributed by atoms with Gasteiger partial charge in [0.05, 0.1) is 10.6 Å². The Bertz CT molecular complexity index is 437. The molecule has 0 saturated heterocycles. The van der Waals surface area contributed by atoms with Crippen LogP contribution in [0.1, 0.15) is 17.0 Å². The van der Waals surface area contributed by atoms with Crippen molar-refractivity contribution in [3.8, 4) is 0 Å². The van der Waals surface area contributed by atoms with Crippen molar-refractivity contribution in [2.75, 3.05) is 0 Å². The van der Waals surface area contributed by atoms with Gasteiger partial charge in [-0.2, -0.15) is 5.10 Å². The van der Waals surface area contributed by atoms with E-state index in [-0.39, 0.29) is 0 Å². The van der Waals surface area contributed by atoms with Gasteiger partial charge >= 0.3 is 0 Å². The predicted molar refractivity (Wildman–Crippen MR) is 63.4 cm³/mol. The first-order valence-electron chi connectivity index (χ1n) is 4.93. The third-order valence-corrected chi connectivity index (χ3v) is 3.61. The van der Waals surface area contributed by atoms with Crippen molar-refractivity contribution in [1.82, 2.24) is 10.2 Å². The van der Waals surface area contributed by atoms with Crippen LogP contribution >= 0.6 is 11.8 Å². The van der Waals surface area contributed by atoms with E-state index in [1.807, 2.05) is 6.92 Å². The van der Waals surface area contributed by atoms with Crippen LogP contribution in [0.4, 0.5) is 0 Å².